The summed E-state index contributed by atoms with van der Waals surface area (Å²) >= 11 is 5.84. The molecule has 0 radical (unpaired) electrons. The van der Waals surface area contributed by atoms with E-state index in [0.29, 0.717) is 15.6 Å². The molecule has 2 aromatic heterocycles. The summed E-state index contributed by atoms with van der Waals surface area (Å²) in [5.74, 6) is -0.0182. The van der Waals surface area contributed by atoms with Crippen molar-refractivity contribution in [3.8, 4) is 12.1 Å². The number of ketones is 1. The lowest BCUT2D eigenvalue weighted by Gasteiger charge is -2.08. The quantitative estimate of drug-likeness (QED) is 0.476. The van der Waals surface area contributed by atoms with E-state index in [4.69, 9.17) is 11.0 Å². The van der Waals surface area contributed by atoms with Crippen molar-refractivity contribution in [3.05, 3.63) is 44.4 Å². The van der Waals surface area contributed by atoms with Crippen LogP contribution in [0.5, 0.6) is 0 Å². The number of aromatic nitrogens is 2. The molecule has 0 saturated carbocycles. The average Bonchev–Trinajstić information content (AvgIpc) is 3.03. The van der Waals surface area contributed by atoms with Crippen molar-refractivity contribution in [2.75, 3.05) is 11.5 Å². The van der Waals surface area contributed by atoms with Crippen LogP contribution in [0.2, 0.25) is 0 Å². The van der Waals surface area contributed by atoms with Gasteiger partial charge >= 0.3 is 0 Å². The Hall–Kier alpha value is -2.46. The molecule has 0 aliphatic rings. The van der Waals surface area contributed by atoms with Crippen molar-refractivity contribution in [1.29, 1.82) is 10.5 Å². The summed E-state index contributed by atoms with van der Waals surface area (Å²) in [5, 5.41) is 19.2. The number of halogens is 1. The number of nitrogens with two attached hydrogens (primary N) is 1. The van der Waals surface area contributed by atoms with Crippen LogP contribution in [0.3, 0.4) is 0 Å². The first kappa shape index (κ1) is 18.3. The number of nitrogen functional groups attached to an aromatic ring is 1. The second kappa shape index (κ2) is 7.42. The predicted molar refractivity (Wildman–Crippen MR) is 105 cm³/mol. The van der Waals surface area contributed by atoms with Gasteiger partial charge in [0.15, 0.2) is 5.01 Å². The molecular weight excluding hydrogens is 434 g/mol. The molecule has 0 amide bonds. The highest BCUT2D eigenvalue weighted by Gasteiger charge is 2.18. The molecule has 0 atom stereocenters. The van der Waals surface area contributed by atoms with Crippen LogP contribution in [0.1, 0.15) is 26.5 Å². The number of fused-ring (bicyclic) bond motifs is 1. The summed E-state index contributed by atoms with van der Waals surface area (Å²) in [7, 11) is 0. The molecule has 1 aromatic carbocycles. The zero-order valence-electron chi connectivity index (χ0n) is 13.4. The molecule has 0 aliphatic carbocycles. The standard InChI is InChI=1S/C17H10BrN5OS2/c1-8-10(5-19)15(21)23-16(11(8)6-20)25-7-13(24)17-22-12-3-2-9(18)4-14(12)26-17/h2-4H,7H2,1H3,(H2,21,23). The topological polar surface area (TPSA) is 116 Å². The Bertz CT molecular complexity index is 1130. The molecule has 26 heavy (non-hydrogen) atoms. The molecule has 0 spiro atoms. The average molecular weight is 444 g/mol. The second-order valence-electron chi connectivity index (χ2n) is 5.24. The zero-order chi connectivity index (χ0) is 18.8. The monoisotopic (exact) mass is 443 g/mol. The van der Waals surface area contributed by atoms with Gasteiger partial charge in [-0.3, -0.25) is 4.79 Å². The van der Waals surface area contributed by atoms with Crippen LogP contribution in [0.4, 0.5) is 5.82 Å². The summed E-state index contributed by atoms with van der Waals surface area (Å²) in [5.41, 5.74) is 7.48. The van der Waals surface area contributed by atoms with Gasteiger partial charge in [0.2, 0.25) is 5.78 Å². The van der Waals surface area contributed by atoms with Crippen LogP contribution < -0.4 is 5.73 Å². The number of pyridine rings is 1. The number of rotatable bonds is 4. The zero-order valence-corrected chi connectivity index (χ0v) is 16.6. The molecule has 0 unspecified atom stereocenters. The molecule has 9 heteroatoms. The molecular formula is C17H10BrN5OS2. The van der Waals surface area contributed by atoms with Gasteiger partial charge in [0.25, 0.3) is 0 Å². The fourth-order valence-corrected chi connectivity index (χ4v) is 4.75. The van der Waals surface area contributed by atoms with E-state index in [9.17, 15) is 10.1 Å². The highest BCUT2D eigenvalue weighted by atomic mass is 79.9. The van der Waals surface area contributed by atoms with Gasteiger partial charge in [-0.2, -0.15) is 10.5 Å². The summed E-state index contributed by atoms with van der Waals surface area (Å²) in [6.45, 7) is 1.65. The third-order valence-corrected chi connectivity index (χ3v) is 6.12. The molecule has 0 aliphatic heterocycles. The van der Waals surface area contributed by atoms with E-state index in [2.05, 4.69) is 25.9 Å². The fourth-order valence-electron chi connectivity index (χ4n) is 2.29. The van der Waals surface area contributed by atoms with Crippen LogP contribution >= 0.6 is 39.0 Å². The Morgan fingerprint density at radius 1 is 1.31 bits per heavy atom. The van der Waals surface area contributed by atoms with E-state index in [1.165, 1.54) is 11.3 Å². The van der Waals surface area contributed by atoms with E-state index >= 15 is 0 Å². The van der Waals surface area contributed by atoms with Crippen molar-refractivity contribution < 1.29 is 4.79 Å². The van der Waals surface area contributed by atoms with Crippen LogP contribution in [0.15, 0.2) is 27.7 Å². The fraction of sp³-hybridized carbons (Fsp3) is 0.118. The minimum Gasteiger partial charge on any atom is -0.383 e. The van der Waals surface area contributed by atoms with Gasteiger partial charge in [0, 0.05) is 4.47 Å². The van der Waals surface area contributed by atoms with Crippen molar-refractivity contribution >= 4 is 60.8 Å². The normalized spacial score (nSPS) is 10.5. The molecule has 0 fully saturated rings. The first-order chi connectivity index (χ1) is 12.4. The summed E-state index contributed by atoms with van der Waals surface area (Å²) in [4.78, 5) is 21.0. The van der Waals surface area contributed by atoms with Crippen molar-refractivity contribution in [2.24, 2.45) is 0 Å². The molecule has 3 aromatic rings. The van der Waals surface area contributed by atoms with Crippen molar-refractivity contribution in [1.82, 2.24) is 9.97 Å². The number of Topliss-reactive ketones (excluding diaryl/α,β-unsaturated/α-hetero) is 1. The van der Waals surface area contributed by atoms with E-state index in [-0.39, 0.29) is 28.5 Å². The smallest absolute Gasteiger partial charge is 0.201 e. The number of anilines is 1. The molecule has 0 bridgehead atoms. The van der Waals surface area contributed by atoms with Gasteiger partial charge in [-0.15, -0.1) is 11.3 Å². The van der Waals surface area contributed by atoms with Gasteiger partial charge in [-0.05, 0) is 30.7 Å². The number of thiazole rings is 1. The van der Waals surface area contributed by atoms with E-state index < -0.39 is 0 Å². The summed E-state index contributed by atoms with van der Waals surface area (Å²) < 4.78 is 1.84. The third-order valence-electron chi connectivity index (χ3n) is 3.59. The Labute approximate surface area is 165 Å². The third kappa shape index (κ3) is 3.42. The maximum absolute atomic E-state index is 12.5. The highest BCUT2D eigenvalue weighted by molar-refractivity contribution is 9.10. The molecule has 2 heterocycles. The van der Waals surface area contributed by atoms with E-state index in [1.807, 2.05) is 30.3 Å². The predicted octanol–water partition coefficient (Wildman–Crippen LogP) is 4.06. The first-order valence-electron chi connectivity index (χ1n) is 7.27. The largest absolute Gasteiger partial charge is 0.383 e. The number of benzene rings is 1. The Morgan fingerprint density at radius 2 is 2.04 bits per heavy atom. The Morgan fingerprint density at radius 3 is 2.73 bits per heavy atom. The maximum Gasteiger partial charge on any atom is 0.201 e. The summed E-state index contributed by atoms with van der Waals surface area (Å²) in [6, 6.07) is 9.62. The van der Waals surface area contributed by atoms with E-state index in [1.54, 1.807) is 6.92 Å². The number of hydrogen-bond acceptors (Lipinski definition) is 8. The van der Waals surface area contributed by atoms with Crippen LogP contribution in [0, 0.1) is 29.6 Å². The van der Waals surface area contributed by atoms with Gasteiger partial charge in [0.05, 0.1) is 27.1 Å². The van der Waals surface area contributed by atoms with Crippen molar-refractivity contribution in [3.63, 3.8) is 0 Å². The first-order valence-corrected chi connectivity index (χ1v) is 9.86. The van der Waals surface area contributed by atoms with Gasteiger partial charge in [-0.1, -0.05) is 27.7 Å². The number of thioether (sulfide) groups is 1. The van der Waals surface area contributed by atoms with Crippen LogP contribution in [-0.2, 0) is 0 Å². The Balaban J connectivity index is 1.85. The van der Waals surface area contributed by atoms with Crippen molar-refractivity contribution in [2.45, 2.75) is 11.9 Å². The highest BCUT2D eigenvalue weighted by Crippen LogP contribution is 2.30. The van der Waals surface area contributed by atoms with E-state index in [0.717, 1.165) is 26.5 Å². The minimum atomic E-state index is -0.154. The molecule has 128 valence electrons. The number of hydrogen-bond donors (Lipinski definition) is 1. The molecule has 2 N–H and O–H groups in total. The van der Waals surface area contributed by atoms with Gasteiger partial charge < -0.3 is 5.73 Å². The SMILES string of the molecule is Cc1c(C#N)c(N)nc(SCC(=O)c2nc3ccc(Br)cc3s2)c1C#N. The van der Waals surface area contributed by atoms with Gasteiger partial charge in [-0.25, -0.2) is 9.97 Å². The molecule has 0 saturated heterocycles. The lowest BCUT2D eigenvalue weighted by Crippen LogP contribution is -2.06. The molecule has 6 nitrogen and oxygen atoms in total. The molecule has 3 rings (SSSR count). The number of nitriles is 2. The lowest BCUT2D eigenvalue weighted by atomic mass is 10.1. The number of nitrogens with zero attached hydrogens (tertiary/aromatic N) is 4. The number of carbonyl (C=O) groups is 1. The summed E-state index contributed by atoms with van der Waals surface area (Å²) in [6.07, 6.45) is 0. The number of carbonyl (C=O) groups excluding carboxylic acids is 1. The van der Waals surface area contributed by atoms with Crippen LogP contribution in [-0.4, -0.2) is 21.5 Å². The minimum absolute atomic E-state index is 0.0591. The van der Waals surface area contributed by atoms with Gasteiger partial charge in [0.1, 0.15) is 23.0 Å². The maximum atomic E-state index is 12.5. The second-order valence-corrected chi connectivity index (χ2v) is 8.15. The van der Waals surface area contributed by atoms with Crippen LogP contribution in [0.25, 0.3) is 10.2 Å². The Kier molecular flexibility index (Phi) is 5.23. The lowest BCUT2D eigenvalue weighted by molar-refractivity contribution is 0.102.